The minimum absolute atomic E-state index is 0.209. The first-order valence-electron chi connectivity index (χ1n) is 7.84. The number of hydrogen-bond acceptors (Lipinski definition) is 1. The third-order valence-corrected chi connectivity index (χ3v) is 4.21. The number of hydrogen-bond donors (Lipinski definition) is 3. The molecule has 5 heteroatoms. The Bertz CT molecular complexity index is 430. The zero-order chi connectivity index (χ0) is 14.9. The van der Waals surface area contributed by atoms with Crippen molar-refractivity contribution in [1.82, 2.24) is 10.6 Å². The van der Waals surface area contributed by atoms with Crippen LogP contribution in [0, 0.1) is 5.82 Å². The Balaban J connectivity index is 1.54. The Morgan fingerprint density at radius 3 is 2.52 bits per heavy atom. The van der Waals surface area contributed by atoms with Crippen LogP contribution in [-0.4, -0.2) is 31.3 Å². The molecule has 0 bridgehead atoms. The highest BCUT2D eigenvalue weighted by Crippen LogP contribution is 2.01. The molecule has 0 aliphatic carbocycles. The molecule has 0 atom stereocenters. The molecular formula is C16H25FN3S+. The number of piperidine rings is 1. The lowest BCUT2D eigenvalue weighted by Crippen LogP contribution is -3.12. The summed E-state index contributed by atoms with van der Waals surface area (Å²) in [6.07, 6.45) is 5.30. The number of halogens is 1. The summed E-state index contributed by atoms with van der Waals surface area (Å²) in [5, 5.41) is 7.06. The molecule has 0 saturated carbocycles. The maximum atomic E-state index is 12.8. The van der Waals surface area contributed by atoms with Crippen LogP contribution in [-0.2, 0) is 6.54 Å². The Labute approximate surface area is 131 Å². The molecule has 1 heterocycles. The minimum Gasteiger partial charge on any atom is -0.363 e. The molecule has 0 amide bonds. The molecule has 1 aliphatic heterocycles. The summed E-state index contributed by atoms with van der Waals surface area (Å²) in [6, 6.07) is 6.47. The van der Waals surface area contributed by atoms with Gasteiger partial charge in [0.25, 0.3) is 0 Å². The molecule has 0 radical (unpaired) electrons. The maximum absolute atomic E-state index is 12.8. The van der Waals surface area contributed by atoms with Crippen molar-refractivity contribution in [1.29, 1.82) is 0 Å². The van der Waals surface area contributed by atoms with Crippen LogP contribution in [0.2, 0.25) is 0 Å². The molecule has 21 heavy (non-hydrogen) atoms. The Morgan fingerprint density at radius 2 is 1.81 bits per heavy atom. The predicted molar refractivity (Wildman–Crippen MR) is 87.9 cm³/mol. The monoisotopic (exact) mass is 310 g/mol. The average molecular weight is 310 g/mol. The van der Waals surface area contributed by atoms with E-state index in [9.17, 15) is 4.39 Å². The van der Waals surface area contributed by atoms with E-state index in [4.69, 9.17) is 12.2 Å². The summed E-state index contributed by atoms with van der Waals surface area (Å²) in [7, 11) is 0. The molecular weight excluding hydrogens is 285 g/mol. The van der Waals surface area contributed by atoms with E-state index in [2.05, 4.69) is 10.6 Å². The standard InChI is InChI=1S/C16H24FN3S/c17-15-7-5-14(6-8-15)13-19-16(21)18-9-4-12-20-10-2-1-3-11-20/h5-8H,1-4,9-13H2,(H2,18,19,21)/p+1. The summed E-state index contributed by atoms with van der Waals surface area (Å²) in [5.74, 6) is -0.209. The largest absolute Gasteiger partial charge is 0.363 e. The number of quaternary nitrogens is 1. The topological polar surface area (TPSA) is 28.5 Å². The normalized spacial score (nSPS) is 15.7. The Hall–Kier alpha value is -1.20. The van der Waals surface area contributed by atoms with Crippen molar-refractivity contribution < 1.29 is 9.29 Å². The van der Waals surface area contributed by atoms with Crippen LogP contribution in [0.3, 0.4) is 0 Å². The van der Waals surface area contributed by atoms with Gasteiger partial charge in [-0.3, -0.25) is 0 Å². The Kier molecular flexibility index (Phi) is 6.89. The van der Waals surface area contributed by atoms with E-state index in [1.54, 1.807) is 17.0 Å². The molecule has 2 rings (SSSR count). The lowest BCUT2D eigenvalue weighted by atomic mass is 10.1. The summed E-state index contributed by atoms with van der Waals surface area (Å²) >= 11 is 5.25. The van der Waals surface area contributed by atoms with Gasteiger partial charge in [0.15, 0.2) is 5.11 Å². The Morgan fingerprint density at radius 1 is 1.10 bits per heavy atom. The summed E-state index contributed by atoms with van der Waals surface area (Å²) in [5.41, 5.74) is 1.03. The highest BCUT2D eigenvalue weighted by Gasteiger charge is 2.12. The van der Waals surface area contributed by atoms with Gasteiger partial charge in [-0.2, -0.15) is 0 Å². The fraction of sp³-hybridized carbons (Fsp3) is 0.562. The molecule has 1 fully saturated rings. The van der Waals surface area contributed by atoms with E-state index in [1.165, 1.54) is 51.0 Å². The first-order valence-corrected chi connectivity index (χ1v) is 8.24. The van der Waals surface area contributed by atoms with Crippen LogP contribution < -0.4 is 15.5 Å². The molecule has 0 unspecified atom stereocenters. The molecule has 1 aromatic carbocycles. The minimum atomic E-state index is -0.209. The second-order valence-electron chi connectivity index (χ2n) is 5.65. The van der Waals surface area contributed by atoms with Gasteiger partial charge in [-0.15, -0.1) is 0 Å². The number of rotatable bonds is 6. The van der Waals surface area contributed by atoms with Crippen molar-refractivity contribution in [3.8, 4) is 0 Å². The molecule has 0 aromatic heterocycles. The first kappa shape index (κ1) is 16.2. The zero-order valence-corrected chi connectivity index (χ0v) is 13.3. The molecule has 3 N–H and O–H groups in total. The van der Waals surface area contributed by atoms with Crippen molar-refractivity contribution >= 4 is 17.3 Å². The van der Waals surface area contributed by atoms with Gasteiger partial charge in [-0.1, -0.05) is 12.1 Å². The van der Waals surface area contributed by atoms with Crippen molar-refractivity contribution in [2.24, 2.45) is 0 Å². The molecule has 3 nitrogen and oxygen atoms in total. The van der Waals surface area contributed by atoms with E-state index in [1.807, 2.05) is 0 Å². The molecule has 1 aliphatic rings. The van der Waals surface area contributed by atoms with Crippen LogP contribution in [0.25, 0.3) is 0 Å². The van der Waals surface area contributed by atoms with Crippen LogP contribution in [0.1, 0.15) is 31.2 Å². The summed E-state index contributed by atoms with van der Waals surface area (Å²) < 4.78 is 12.8. The van der Waals surface area contributed by atoms with Gasteiger partial charge in [-0.05, 0) is 49.2 Å². The van der Waals surface area contributed by atoms with Crippen molar-refractivity contribution in [3.05, 3.63) is 35.6 Å². The summed E-state index contributed by atoms with van der Waals surface area (Å²) in [6.45, 7) is 5.43. The van der Waals surface area contributed by atoms with Gasteiger partial charge in [0, 0.05) is 19.5 Å². The predicted octanol–water partition coefficient (Wildman–Crippen LogP) is 1.25. The van der Waals surface area contributed by atoms with Gasteiger partial charge in [-0.25, -0.2) is 4.39 Å². The van der Waals surface area contributed by atoms with E-state index >= 15 is 0 Å². The number of thiocarbonyl (C=S) groups is 1. The second kappa shape index (κ2) is 8.95. The van der Waals surface area contributed by atoms with E-state index < -0.39 is 0 Å². The van der Waals surface area contributed by atoms with Gasteiger partial charge < -0.3 is 15.5 Å². The van der Waals surface area contributed by atoms with E-state index in [0.29, 0.717) is 11.7 Å². The van der Waals surface area contributed by atoms with E-state index in [0.717, 1.165) is 18.5 Å². The first-order chi connectivity index (χ1) is 10.2. The second-order valence-corrected chi connectivity index (χ2v) is 6.06. The van der Waals surface area contributed by atoms with Crippen LogP contribution >= 0.6 is 12.2 Å². The zero-order valence-electron chi connectivity index (χ0n) is 12.5. The highest BCUT2D eigenvalue weighted by molar-refractivity contribution is 7.80. The van der Waals surface area contributed by atoms with Crippen molar-refractivity contribution in [2.45, 2.75) is 32.2 Å². The third-order valence-electron chi connectivity index (χ3n) is 3.92. The van der Waals surface area contributed by atoms with Crippen molar-refractivity contribution in [3.63, 3.8) is 0 Å². The average Bonchev–Trinajstić information content (AvgIpc) is 2.52. The molecule has 1 saturated heterocycles. The van der Waals surface area contributed by atoms with Crippen molar-refractivity contribution in [2.75, 3.05) is 26.2 Å². The van der Waals surface area contributed by atoms with Gasteiger partial charge in [0.1, 0.15) is 5.82 Å². The maximum Gasteiger partial charge on any atom is 0.166 e. The number of benzene rings is 1. The van der Waals surface area contributed by atoms with Crippen LogP contribution in [0.15, 0.2) is 24.3 Å². The summed E-state index contributed by atoms with van der Waals surface area (Å²) in [4.78, 5) is 1.73. The van der Waals surface area contributed by atoms with E-state index in [-0.39, 0.29) is 5.82 Å². The molecule has 0 spiro atoms. The molecule has 1 aromatic rings. The molecule has 116 valence electrons. The number of nitrogens with one attached hydrogen (secondary N) is 3. The smallest absolute Gasteiger partial charge is 0.166 e. The number of likely N-dealkylation sites (tertiary alicyclic amines) is 1. The van der Waals surface area contributed by atoms with Gasteiger partial charge in [0.2, 0.25) is 0 Å². The lowest BCUT2D eigenvalue weighted by molar-refractivity contribution is -0.904. The fourth-order valence-electron chi connectivity index (χ4n) is 2.69. The lowest BCUT2D eigenvalue weighted by Gasteiger charge is -2.23. The van der Waals surface area contributed by atoms with Crippen LogP contribution in [0.4, 0.5) is 4.39 Å². The van der Waals surface area contributed by atoms with Gasteiger partial charge >= 0.3 is 0 Å². The van der Waals surface area contributed by atoms with Crippen LogP contribution in [0.5, 0.6) is 0 Å². The quantitative estimate of drug-likeness (QED) is 0.545. The SMILES string of the molecule is Fc1ccc(CNC(=S)NCCC[NH+]2CCCCC2)cc1. The fourth-order valence-corrected chi connectivity index (χ4v) is 2.86. The third kappa shape index (κ3) is 6.40. The van der Waals surface area contributed by atoms with Gasteiger partial charge in [0.05, 0.1) is 19.6 Å². The highest BCUT2D eigenvalue weighted by atomic mass is 32.1.